The minimum Gasteiger partial charge on any atom is -0.494 e. The van der Waals surface area contributed by atoms with Crippen molar-refractivity contribution in [2.75, 3.05) is 16.8 Å². The number of anilines is 2. The lowest BCUT2D eigenvalue weighted by Gasteiger charge is -2.29. The number of nitrogens with one attached hydrogen (secondary N) is 2. The van der Waals surface area contributed by atoms with E-state index in [0.717, 1.165) is 53.3 Å². The molecular weight excluding hydrogens is 593 g/mol. The smallest absolute Gasteiger partial charge is 0.270 e. The average molecular weight is 625 g/mol. The first-order chi connectivity index (χ1) is 21.3. The molecule has 0 unspecified atom stereocenters. The van der Waals surface area contributed by atoms with E-state index in [0.29, 0.717) is 29.2 Å². The summed E-state index contributed by atoms with van der Waals surface area (Å²) >= 11 is 7.03. The number of carbonyl (C=O) groups is 3. The number of hydrogen-bond donors (Lipinski definition) is 2. The van der Waals surface area contributed by atoms with Gasteiger partial charge in [-0.1, -0.05) is 18.2 Å². The number of amides is 3. The highest BCUT2D eigenvalue weighted by molar-refractivity contribution is 7.80. The van der Waals surface area contributed by atoms with Crippen LogP contribution in [0.15, 0.2) is 66.2 Å². The maximum Gasteiger partial charge on any atom is 0.270 e. The predicted molar refractivity (Wildman–Crippen MR) is 178 cm³/mol. The van der Waals surface area contributed by atoms with E-state index in [1.165, 1.54) is 9.78 Å². The van der Waals surface area contributed by atoms with Gasteiger partial charge in [0.25, 0.3) is 17.7 Å². The van der Waals surface area contributed by atoms with Crippen LogP contribution in [0.5, 0.6) is 5.75 Å². The van der Waals surface area contributed by atoms with E-state index in [1.54, 1.807) is 41.7 Å². The fourth-order valence-corrected chi connectivity index (χ4v) is 7.59. The summed E-state index contributed by atoms with van der Waals surface area (Å²) in [5.74, 6) is -0.533. The lowest BCUT2D eigenvalue weighted by molar-refractivity contribution is -0.122. The number of benzene rings is 2. The highest BCUT2D eigenvalue weighted by atomic mass is 32.1. The van der Waals surface area contributed by atoms with Gasteiger partial charge in [0, 0.05) is 22.0 Å². The molecule has 1 fully saturated rings. The maximum absolute atomic E-state index is 13.8. The second kappa shape index (κ2) is 12.2. The zero-order chi connectivity index (χ0) is 31.0. The van der Waals surface area contributed by atoms with E-state index in [-0.39, 0.29) is 16.6 Å². The summed E-state index contributed by atoms with van der Waals surface area (Å²) in [5.41, 5.74) is 5.46. The zero-order valence-corrected chi connectivity index (χ0v) is 26.4. The van der Waals surface area contributed by atoms with Gasteiger partial charge < -0.3 is 14.6 Å². The molecule has 2 N–H and O–H groups in total. The summed E-state index contributed by atoms with van der Waals surface area (Å²) in [6.45, 7) is 6.33. The summed E-state index contributed by atoms with van der Waals surface area (Å²) in [4.78, 5) is 43.1. The van der Waals surface area contributed by atoms with Crippen LogP contribution < -0.4 is 20.3 Å². The summed E-state index contributed by atoms with van der Waals surface area (Å²) < 4.78 is 7.58. The fourth-order valence-electron chi connectivity index (χ4n) is 5.81. The lowest BCUT2D eigenvalue weighted by Crippen LogP contribution is -2.54. The van der Waals surface area contributed by atoms with Gasteiger partial charge in [0.2, 0.25) is 0 Å². The molecule has 1 aliphatic heterocycles. The Morgan fingerprint density at radius 3 is 2.52 bits per heavy atom. The number of para-hydroxylation sites is 1. The van der Waals surface area contributed by atoms with Crippen LogP contribution in [0.3, 0.4) is 0 Å². The van der Waals surface area contributed by atoms with E-state index < -0.39 is 11.8 Å². The van der Waals surface area contributed by atoms with Crippen LogP contribution >= 0.6 is 23.6 Å². The molecule has 6 rings (SSSR count). The minimum atomic E-state index is -0.554. The number of ether oxygens (including phenoxy) is 1. The van der Waals surface area contributed by atoms with E-state index in [4.69, 9.17) is 17.0 Å². The van der Waals surface area contributed by atoms with E-state index in [9.17, 15) is 14.4 Å². The van der Waals surface area contributed by atoms with Crippen LogP contribution in [0.4, 0.5) is 11.4 Å². The first-order valence-electron chi connectivity index (χ1n) is 14.6. The highest BCUT2D eigenvalue weighted by Gasteiger charge is 2.35. The monoisotopic (exact) mass is 624 g/mol. The van der Waals surface area contributed by atoms with Crippen molar-refractivity contribution in [3.63, 3.8) is 0 Å². The molecule has 0 radical (unpaired) electrons. The van der Waals surface area contributed by atoms with Crippen molar-refractivity contribution in [3.8, 4) is 10.8 Å². The number of thiocarbonyl (C=S) groups is 1. The predicted octanol–water partition coefficient (Wildman–Crippen LogP) is 6.52. The molecule has 2 aliphatic rings. The Hall–Kier alpha value is -4.54. The number of hydrogen-bond acceptors (Lipinski definition) is 6. The summed E-state index contributed by atoms with van der Waals surface area (Å²) in [7, 11) is 0. The summed E-state index contributed by atoms with van der Waals surface area (Å²) in [6, 6.07) is 18.4. The Balaban J connectivity index is 1.38. The lowest BCUT2D eigenvalue weighted by atomic mass is 9.95. The Labute approximate surface area is 265 Å². The number of fused-ring (bicyclic) bond motifs is 1. The largest absolute Gasteiger partial charge is 0.494 e. The van der Waals surface area contributed by atoms with Gasteiger partial charge in [0.05, 0.1) is 17.9 Å². The third-order valence-electron chi connectivity index (χ3n) is 7.89. The Morgan fingerprint density at radius 1 is 1.07 bits per heavy atom. The number of aromatic nitrogens is 1. The van der Waals surface area contributed by atoms with Crippen LogP contribution in [0, 0.1) is 13.8 Å². The minimum absolute atomic E-state index is 0.0185. The molecule has 44 heavy (non-hydrogen) atoms. The summed E-state index contributed by atoms with van der Waals surface area (Å²) in [5, 5.41) is 6.61. The van der Waals surface area contributed by atoms with Crippen LogP contribution in [0.25, 0.3) is 11.1 Å². The fraction of sp³-hybridized carbons (Fsp3) is 0.235. The quantitative estimate of drug-likeness (QED) is 0.139. The molecule has 3 heterocycles. The molecule has 0 atom stereocenters. The van der Waals surface area contributed by atoms with Crippen molar-refractivity contribution < 1.29 is 19.1 Å². The molecule has 0 spiro atoms. The molecule has 8 nitrogen and oxygen atoms in total. The molecule has 224 valence electrons. The molecule has 0 bridgehead atoms. The van der Waals surface area contributed by atoms with Crippen molar-refractivity contribution in [2.45, 2.75) is 46.5 Å². The molecule has 2 aromatic carbocycles. The number of aryl methyl sites for hydroxylation is 2. The van der Waals surface area contributed by atoms with Crippen molar-refractivity contribution in [3.05, 3.63) is 99.2 Å². The van der Waals surface area contributed by atoms with Crippen molar-refractivity contribution >= 4 is 63.8 Å². The van der Waals surface area contributed by atoms with Crippen LogP contribution in [-0.4, -0.2) is 34.0 Å². The van der Waals surface area contributed by atoms with Crippen molar-refractivity contribution in [1.82, 2.24) is 9.88 Å². The molecule has 0 saturated carbocycles. The number of nitrogens with zero attached hydrogens (tertiary/aromatic N) is 2. The Bertz CT molecular complexity index is 1820. The first-order valence-corrected chi connectivity index (χ1v) is 15.8. The third-order valence-corrected chi connectivity index (χ3v) is 9.45. The van der Waals surface area contributed by atoms with E-state index >= 15 is 0 Å². The molecule has 10 heteroatoms. The van der Waals surface area contributed by atoms with Crippen molar-refractivity contribution in [2.24, 2.45) is 0 Å². The van der Waals surface area contributed by atoms with Gasteiger partial charge in [-0.3, -0.25) is 24.6 Å². The topological polar surface area (TPSA) is 92.7 Å². The van der Waals surface area contributed by atoms with Gasteiger partial charge >= 0.3 is 0 Å². The second-order valence-corrected chi connectivity index (χ2v) is 12.2. The van der Waals surface area contributed by atoms with Gasteiger partial charge in [0.15, 0.2) is 5.11 Å². The molecule has 1 saturated heterocycles. The van der Waals surface area contributed by atoms with Gasteiger partial charge in [0.1, 0.15) is 16.3 Å². The number of rotatable bonds is 7. The number of carbonyl (C=O) groups excluding carboxylic acids is 3. The average Bonchev–Trinajstić information content (AvgIpc) is 3.52. The van der Waals surface area contributed by atoms with Crippen LogP contribution in [0.2, 0.25) is 0 Å². The van der Waals surface area contributed by atoms with Crippen LogP contribution in [0.1, 0.15) is 57.5 Å². The number of thiophene rings is 1. The molecule has 1 aliphatic carbocycles. The van der Waals surface area contributed by atoms with Gasteiger partial charge in [-0.05, 0) is 118 Å². The van der Waals surface area contributed by atoms with Crippen molar-refractivity contribution in [1.29, 1.82) is 0 Å². The third kappa shape index (κ3) is 5.46. The van der Waals surface area contributed by atoms with Gasteiger partial charge in [-0.25, -0.2) is 0 Å². The molecule has 3 amide bonds. The molecule has 4 aromatic rings. The van der Waals surface area contributed by atoms with E-state index in [2.05, 4.69) is 15.2 Å². The van der Waals surface area contributed by atoms with Crippen LogP contribution in [-0.2, 0) is 22.4 Å². The normalized spacial score (nSPS) is 15.8. The second-order valence-electron chi connectivity index (χ2n) is 10.8. The zero-order valence-electron chi connectivity index (χ0n) is 24.7. The molecular formula is C34H32N4O4S2. The van der Waals surface area contributed by atoms with Gasteiger partial charge in [-0.15, -0.1) is 11.3 Å². The van der Waals surface area contributed by atoms with Gasteiger partial charge in [-0.2, -0.15) is 0 Å². The molecule has 2 aromatic heterocycles. The Kier molecular flexibility index (Phi) is 8.20. The summed E-state index contributed by atoms with van der Waals surface area (Å²) in [6.07, 6.45) is 5.54. The Morgan fingerprint density at radius 2 is 1.80 bits per heavy atom. The van der Waals surface area contributed by atoms with E-state index in [1.807, 2.05) is 57.2 Å². The highest BCUT2D eigenvalue weighted by Crippen LogP contribution is 2.39. The standard InChI is InChI=1S/C34H32N4O4S2/c1-4-42-25-16-14-24(15-17-25)38-32(41)27(30(39)36-34(38)43)19-22-18-20(2)37(21(22)3)33-29(26-12-8-9-13-28(26)44-33)31(40)35-23-10-6-5-7-11-23/h5-7,10-11,14-19H,4,8-9,12-13H2,1-3H3,(H,35,40)(H,36,39,43)/b27-19-. The SMILES string of the molecule is CCOc1ccc(N2C(=O)/C(=C\c3cc(C)n(-c4sc5c(c4C(=O)Nc4ccccc4)CCCC5)c3C)C(=O)NC2=S)cc1. The maximum atomic E-state index is 13.8. The first kappa shape index (κ1) is 29.5.